The van der Waals surface area contributed by atoms with E-state index in [0.29, 0.717) is 68.9 Å². The van der Waals surface area contributed by atoms with Gasteiger partial charge in [0.1, 0.15) is 35.4 Å². The smallest absolute Gasteiger partial charge is 0.243 e. The Hall–Kier alpha value is -3.79. The monoisotopic (exact) mass is 502 g/mol. The number of carbonyl (C=O) groups excluding carboxylic acids is 1. The first-order valence-corrected chi connectivity index (χ1v) is 13.0. The normalized spacial score (nSPS) is 25.1. The van der Waals surface area contributed by atoms with E-state index in [-0.39, 0.29) is 18.0 Å². The van der Waals surface area contributed by atoms with Gasteiger partial charge in [0, 0.05) is 43.5 Å². The van der Waals surface area contributed by atoms with Crippen LogP contribution in [0.2, 0.25) is 0 Å². The Balaban J connectivity index is 1.48. The molecule has 0 aromatic carbocycles. The molecule has 1 saturated heterocycles. The molecule has 4 heterocycles. The molecule has 2 aromatic rings. The SMILES string of the molecule is C[C@@H]1CN(c2ncnc3c2CCC(F)CCN3c2cc(C#N)ccn2)[C@@H](C)CN1C(=O)C1(C#N)CCC1. The van der Waals surface area contributed by atoms with Crippen molar-refractivity contribution in [2.75, 3.05) is 29.4 Å². The van der Waals surface area contributed by atoms with Crippen LogP contribution in [0.15, 0.2) is 24.7 Å². The van der Waals surface area contributed by atoms with Gasteiger partial charge in [-0.2, -0.15) is 10.5 Å². The van der Waals surface area contributed by atoms with Gasteiger partial charge < -0.3 is 14.7 Å². The van der Waals surface area contributed by atoms with Gasteiger partial charge in [-0.05, 0) is 64.5 Å². The van der Waals surface area contributed by atoms with Gasteiger partial charge in [0.15, 0.2) is 0 Å². The van der Waals surface area contributed by atoms with E-state index in [1.807, 2.05) is 16.7 Å². The van der Waals surface area contributed by atoms with Crippen molar-refractivity contribution < 1.29 is 9.18 Å². The fourth-order valence-corrected chi connectivity index (χ4v) is 5.66. The maximum Gasteiger partial charge on any atom is 0.243 e. The Labute approximate surface area is 216 Å². The number of carbonyl (C=O) groups is 1. The summed E-state index contributed by atoms with van der Waals surface area (Å²) in [6.45, 7) is 5.49. The average molecular weight is 503 g/mol. The van der Waals surface area contributed by atoms with Crippen LogP contribution in [0.1, 0.15) is 57.1 Å². The number of halogens is 1. The third kappa shape index (κ3) is 4.46. The molecule has 1 aliphatic carbocycles. The van der Waals surface area contributed by atoms with Gasteiger partial charge in [-0.3, -0.25) is 4.79 Å². The van der Waals surface area contributed by atoms with Crippen LogP contribution in [0, 0.1) is 28.1 Å². The zero-order valence-electron chi connectivity index (χ0n) is 21.3. The van der Waals surface area contributed by atoms with Crippen molar-refractivity contribution in [2.24, 2.45) is 5.41 Å². The zero-order chi connectivity index (χ0) is 26.2. The Bertz CT molecular complexity index is 1270. The van der Waals surface area contributed by atoms with Gasteiger partial charge in [0.2, 0.25) is 5.91 Å². The van der Waals surface area contributed by atoms with Crippen molar-refractivity contribution in [2.45, 2.75) is 70.6 Å². The van der Waals surface area contributed by atoms with Crippen LogP contribution >= 0.6 is 0 Å². The average Bonchev–Trinajstić information content (AvgIpc) is 2.87. The molecule has 0 N–H and O–H groups in total. The molecule has 0 bridgehead atoms. The molecule has 1 amide bonds. The molecule has 2 fully saturated rings. The van der Waals surface area contributed by atoms with Crippen molar-refractivity contribution in [3.63, 3.8) is 0 Å². The predicted molar refractivity (Wildman–Crippen MR) is 136 cm³/mol. The third-order valence-electron chi connectivity index (χ3n) is 8.03. The van der Waals surface area contributed by atoms with Crippen LogP contribution in [0.3, 0.4) is 0 Å². The van der Waals surface area contributed by atoms with Crippen LogP contribution in [0.25, 0.3) is 0 Å². The lowest BCUT2D eigenvalue weighted by atomic mass is 9.68. The van der Waals surface area contributed by atoms with Gasteiger partial charge >= 0.3 is 0 Å². The highest BCUT2D eigenvalue weighted by Gasteiger charge is 2.49. The number of anilines is 3. The minimum atomic E-state index is -0.974. The fourth-order valence-electron chi connectivity index (χ4n) is 5.66. The number of amides is 1. The highest BCUT2D eigenvalue weighted by Crippen LogP contribution is 2.43. The molecular weight excluding hydrogens is 471 g/mol. The highest BCUT2D eigenvalue weighted by molar-refractivity contribution is 5.87. The van der Waals surface area contributed by atoms with E-state index in [1.165, 1.54) is 6.33 Å². The summed E-state index contributed by atoms with van der Waals surface area (Å²) in [6, 6.07) is 7.61. The molecule has 37 heavy (non-hydrogen) atoms. The largest absolute Gasteiger partial charge is 0.350 e. The van der Waals surface area contributed by atoms with E-state index in [0.717, 1.165) is 17.8 Å². The van der Waals surface area contributed by atoms with Crippen molar-refractivity contribution in [1.82, 2.24) is 19.9 Å². The number of hydrogen-bond acceptors (Lipinski definition) is 8. The first-order chi connectivity index (χ1) is 17.9. The summed E-state index contributed by atoms with van der Waals surface area (Å²) in [5.74, 6) is 1.91. The molecule has 5 rings (SSSR count). The molecule has 1 saturated carbocycles. The summed E-state index contributed by atoms with van der Waals surface area (Å²) in [5.41, 5.74) is 0.451. The Morgan fingerprint density at radius 1 is 1.11 bits per heavy atom. The van der Waals surface area contributed by atoms with Crippen molar-refractivity contribution >= 4 is 23.4 Å². The summed E-state index contributed by atoms with van der Waals surface area (Å²) in [4.78, 5) is 33.0. The summed E-state index contributed by atoms with van der Waals surface area (Å²) in [7, 11) is 0. The molecule has 2 aromatic heterocycles. The number of pyridine rings is 1. The van der Waals surface area contributed by atoms with Crippen molar-refractivity contribution in [3.8, 4) is 12.1 Å². The molecule has 3 atom stereocenters. The fraction of sp³-hybridized carbons (Fsp3) is 0.556. The van der Waals surface area contributed by atoms with E-state index in [4.69, 9.17) is 0 Å². The number of fused-ring (bicyclic) bond motifs is 1. The van der Waals surface area contributed by atoms with Crippen LogP contribution in [-0.4, -0.2) is 63.6 Å². The van der Waals surface area contributed by atoms with E-state index in [9.17, 15) is 19.7 Å². The highest BCUT2D eigenvalue weighted by atomic mass is 19.1. The Kier molecular flexibility index (Phi) is 6.68. The number of hydrogen-bond donors (Lipinski definition) is 0. The zero-order valence-corrected chi connectivity index (χ0v) is 21.3. The molecule has 3 aliphatic rings. The summed E-state index contributed by atoms with van der Waals surface area (Å²) in [5, 5.41) is 19.1. The Morgan fingerprint density at radius 2 is 1.89 bits per heavy atom. The van der Waals surface area contributed by atoms with Gasteiger partial charge in [0.25, 0.3) is 0 Å². The molecule has 10 heteroatoms. The third-order valence-corrected chi connectivity index (χ3v) is 8.03. The number of nitrogens with zero attached hydrogens (tertiary/aromatic N) is 8. The maximum atomic E-state index is 14.8. The molecule has 0 spiro atoms. The summed E-state index contributed by atoms with van der Waals surface area (Å²) < 4.78 is 14.8. The second-order valence-corrected chi connectivity index (χ2v) is 10.4. The number of piperazine rings is 1. The van der Waals surface area contributed by atoms with E-state index >= 15 is 0 Å². The summed E-state index contributed by atoms with van der Waals surface area (Å²) in [6.07, 6.45) is 5.49. The minimum Gasteiger partial charge on any atom is -0.350 e. The quantitative estimate of drug-likeness (QED) is 0.625. The molecular formula is C27H31FN8O. The van der Waals surface area contributed by atoms with Crippen LogP contribution < -0.4 is 9.80 Å². The number of rotatable bonds is 3. The van der Waals surface area contributed by atoms with Crippen molar-refractivity contribution in [1.29, 1.82) is 10.5 Å². The van der Waals surface area contributed by atoms with Crippen LogP contribution in [0.5, 0.6) is 0 Å². The standard InChI is InChI=1S/C27H31FN8O/c1-18-15-36(26(37)27(16-30)8-3-9-27)19(2)14-35(18)25-22-5-4-21(28)7-11-34(24(22)32-17-33-25)23-12-20(13-29)6-10-31-23/h6,10,12,17-19,21H,3-5,7-9,11,14-15H2,1-2H3/t18-,19+,21?/m0/s1. The predicted octanol–water partition coefficient (Wildman–Crippen LogP) is 3.68. The lowest BCUT2D eigenvalue weighted by Gasteiger charge is -2.48. The first kappa shape index (κ1) is 24.9. The number of alkyl halides is 1. The molecule has 0 radical (unpaired) electrons. The Morgan fingerprint density at radius 3 is 2.59 bits per heavy atom. The van der Waals surface area contributed by atoms with Crippen LogP contribution in [0.4, 0.5) is 21.8 Å². The second kappa shape index (κ2) is 9.93. The first-order valence-electron chi connectivity index (χ1n) is 13.0. The second-order valence-electron chi connectivity index (χ2n) is 10.4. The topological polar surface area (TPSA) is 113 Å². The van der Waals surface area contributed by atoms with Gasteiger partial charge in [0.05, 0.1) is 17.7 Å². The minimum absolute atomic E-state index is 0.0462. The summed E-state index contributed by atoms with van der Waals surface area (Å²) >= 11 is 0. The van der Waals surface area contributed by atoms with Crippen molar-refractivity contribution in [3.05, 3.63) is 35.8 Å². The lowest BCUT2D eigenvalue weighted by Crippen LogP contribution is -2.62. The van der Waals surface area contributed by atoms with Gasteiger partial charge in [-0.15, -0.1) is 0 Å². The van der Waals surface area contributed by atoms with E-state index in [1.54, 1.807) is 18.3 Å². The number of aromatic nitrogens is 3. The van der Waals surface area contributed by atoms with Gasteiger partial charge in [-0.25, -0.2) is 19.3 Å². The number of nitriles is 2. The van der Waals surface area contributed by atoms with Crippen LogP contribution in [-0.2, 0) is 11.2 Å². The lowest BCUT2D eigenvalue weighted by molar-refractivity contribution is -0.146. The molecule has 192 valence electrons. The van der Waals surface area contributed by atoms with E-state index in [2.05, 4.69) is 38.9 Å². The molecule has 2 aliphatic heterocycles. The molecule has 9 nitrogen and oxygen atoms in total. The molecule has 1 unspecified atom stereocenters. The van der Waals surface area contributed by atoms with Gasteiger partial charge in [-0.1, -0.05) is 0 Å². The maximum absolute atomic E-state index is 14.8. The van der Waals surface area contributed by atoms with E-state index < -0.39 is 11.6 Å².